The molecule has 1 atom stereocenters. The fourth-order valence-electron chi connectivity index (χ4n) is 2.11. The van der Waals surface area contributed by atoms with E-state index < -0.39 is 24.0 Å². The van der Waals surface area contributed by atoms with Crippen LogP contribution in [0.2, 0.25) is 0 Å². The molecule has 2 rings (SSSR count). The minimum Gasteiger partial charge on any atom is -0.447 e. The van der Waals surface area contributed by atoms with Gasteiger partial charge in [-0.3, -0.25) is 19.7 Å². The highest BCUT2D eigenvalue weighted by atomic mass is 32.1. The highest BCUT2D eigenvalue weighted by molar-refractivity contribution is 7.12. The van der Waals surface area contributed by atoms with Crippen molar-refractivity contribution in [1.29, 1.82) is 0 Å². The van der Waals surface area contributed by atoms with Crippen LogP contribution in [0.5, 0.6) is 0 Å². The van der Waals surface area contributed by atoms with Gasteiger partial charge in [0.15, 0.2) is 5.78 Å². The standard InChI is InChI=1S/C18H18N2O5S/c1-19-18(24)20-17(23)16(12-6-3-2-4-7-12)25-15(22)10-9-13(21)14-8-5-11-26-14/h2-8,11,16H,9-10H2,1H3,(H2,19,20,23,24)/t16-/m1/s1. The number of imide groups is 1. The molecule has 2 N–H and O–H groups in total. The maximum absolute atomic E-state index is 12.3. The topological polar surface area (TPSA) is 102 Å². The number of ketones is 1. The lowest BCUT2D eigenvalue weighted by Crippen LogP contribution is -2.41. The molecular formula is C18H18N2O5S. The van der Waals surface area contributed by atoms with Gasteiger partial charge in [-0.1, -0.05) is 36.4 Å². The Balaban J connectivity index is 2.01. The molecule has 1 aromatic carbocycles. The summed E-state index contributed by atoms with van der Waals surface area (Å²) in [6.07, 6.45) is -1.46. The number of nitrogens with one attached hydrogen (secondary N) is 2. The van der Waals surface area contributed by atoms with Crippen LogP contribution in [0.15, 0.2) is 47.8 Å². The van der Waals surface area contributed by atoms with Gasteiger partial charge in [-0.25, -0.2) is 4.79 Å². The van der Waals surface area contributed by atoms with Gasteiger partial charge >= 0.3 is 12.0 Å². The number of esters is 1. The third-order valence-corrected chi connectivity index (χ3v) is 4.32. The molecule has 8 heteroatoms. The molecule has 0 bridgehead atoms. The number of Topliss-reactive ketones (excluding diaryl/α,β-unsaturated/α-hetero) is 1. The molecule has 136 valence electrons. The number of benzene rings is 1. The van der Waals surface area contributed by atoms with Crippen molar-refractivity contribution in [2.24, 2.45) is 0 Å². The Kier molecular flexibility index (Phi) is 7.04. The van der Waals surface area contributed by atoms with E-state index in [4.69, 9.17) is 4.74 Å². The Bertz CT molecular complexity index is 774. The number of hydrogen-bond donors (Lipinski definition) is 2. The van der Waals surface area contributed by atoms with Crippen LogP contribution in [0, 0.1) is 0 Å². The van der Waals surface area contributed by atoms with Crippen molar-refractivity contribution >= 4 is 35.0 Å². The van der Waals surface area contributed by atoms with Gasteiger partial charge in [-0.15, -0.1) is 11.3 Å². The molecular weight excluding hydrogens is 356 g/mol. The predicted octanol–water partition coefficient (Wildman–Crippen LogP) is 2.45. The smallest absolute Gasteiger partial charge is 0.321 e. The fourth-order valence-corrected chi connectivity index (χ4v) is 2.80. The number of ether oxygens (including phenoxy) is 1. The molecule has 0 spiro atoms. The third-order valence-electron chi connectivity index (χ3n) is 3.41. The molecule has 0 fully saturated rings. The van der Waals surface area contributed by atoms with Gasteiger partial charge in [0.1, 0.15) is 0 Å². The van der Waals surface area contributed by atoms with Crippen molar-refractivity contribution in [3.63, 3.8) is 0 Å². The highest BCUT2D eigenvalue weighted by Crippen LogP contribution is 2.19. The van der Waals surface area contributed by atoms with Crippen LogP contribution in [0.3, 0.4) is 0 Å². The first-order valence-electron chi connectivity index (χ1n) is 7.85. The monoisotopic (exact) mass is 374 g/mol. The van der Waals surface area contributed by atoms with Crippen molar-refractivity contribution in [3.05, 3.63) is 58.3 Å². The molecule has 1 aromatic heterocycles. The van der Waals surface area contributed by atoms with Crippen LogP contribution >= 0.6 is 11.3 Å². The number of carbonyl (C=O) groups excluding carboxylic acids is 4. The summed E-state index contributed by atoms with van der Waals surface area (Å²) in [6, 6.07) is 11.1. The first-order valence-corrected chi connectivity index (χ1v) is 8.73. The summed E-state index contributed by atoms with van der Waals surface area (Å²) in [6.45, 7) is 0. The van der Waals surface area contributed by atoms with Gasteiger partial charge in [-0.05, 0) is 11.4 Å². The minimum absolute atomic E-state index is 0.0160. The summed E-state index contributed by atoms with van der Waals surface area (Å²) < 4.78 is 5.23. The first-order chi connectivity index (χ1) is 12.5. The average Bonchev–Trinajstić information content (AvgIpc) is 3.19. The average molecular weight is 374 g/mol. The highest BCUT2D eigenvalue weighted by Gasteiger charge is 2.26. The molecule has 1 heterocycles. The van der Waals surface area contributed by atoms with Crippen molar-refractivity contribution in [3.8, 4) is 0 Å². The SMILES string of the molecule is CNC(=O)NC(=O)[C@H](OC(=O)CCC(=O)c1cccs1)c1ccccc1. The molecule has 7 nitrogen and oxygen atoms in total. The van der Waals surface area contributed by atoms with Gasteiger partial charge in [-0.2, -0.15) is 0 Å². The van der Waals surface area contributed by atoms with Crippen molar-refractivity contribution in [2.45, 2.75) is 18.9 Å². The maximum atomic E-state index is 12.3. The van der Waals surface area contributed by atoms with E-state index in [2.05, 4.69) is 10.6 Å². The molecule has 0 radical (unpaired) electrons. The second-order valence-electron chi connectivity index (χ2n) is 5.25. The van der Waals surface area contributed by atoms with Crippen LogP contribution in [-0.4, -0.2) is 30.7 Å². The van der Waals surface area contributed by atoms with Crippen LogP contribution in [0.4, 0.5) is 4.79 Å². The molecule has 0 aliphatic heterocycles. The van der Waals surface area contributed by atoms with Crippen molar-refractivity contribution in [1.82, 2.24) is 10.6 Å². The zero-order valence-corrected chi connectivity index (χ0v) is 14.9. The Hall–Kier alpha value is -3.00. The molecule has 26 heavy (non-hydrogen) atoms. The molecule has 0 aliphatic rings. The lowest BCUT2D eigenvalue weighted by molar-refractivity contribution is -0.156. The molecule has 0 saturated heterocycles. The van der Waals surface area contributed by atoms with E-state index >= 15 is 0 Å². The summed E-state index contributed by atoms with van der Waals surface area (Å²) in [5.41, 5.74) is 0.423. The Morgan fingerprint density at radius 3 is 2.38 bits per heavy atom. The first kappa shape index (κ1) is 19.3. The van der Waals surface area contributed by atoms with E-state index in [-0.39, 0.29) is 18.6 Å². The molecule has 0 unspecified atom stereocenters. The Labute approximate surface area is 154 Å². The Morgan fingerprint density at radius 1 is 1.04 bits per heavy atom. The summed E-state index contributed by atoms with van der Waals surface area (Å²) in [5, 5.41) is 6.12. The van der Waals surface area contributed by atoms with Crippen molar-refractivity contribution < 1.29 is 23.9 Å². The van der Waals surface area contributed by atoms with Crippen molar-refractivity contribution in [2.75, 3.05) is 7.05 Å². The van der Waals surface area contributed by atoms with Crippen LogP contribution in [0.1, 0.15) is 34.2 Å². The van der Waals surface area contributed by atoms with E-state index in [0.29, 0.717) is 10.4 Å². The lowest BCUT2D eigenvalue weighted by Gasteiger charge is -2.17. The molecule has 0 saturated carbocycles. The number of urea groups is 1. The zero-order chi connectivity index (χ0) is 18.9. The van der Waals surface area contributed by atoms with Gasteiger partial charge in [0, 0.05) is 19.0 Å². The molecule has 3 amide bonds. The summed E-state index contributed by atoms with van der Waals surface area (Å²) in [4.78, 5) is 48.3. The van der Waals surface area contributed by atoms with Crippen LogP contribution < -0.4 is 10.6 Å². The molecule has 0 aliphatic carbocycles. The minimum atomic E-state index is -1.28. The van der Waals surface area contributed by atoms with Crippen LogP contribution in [0.25, 0.3) is 0 Å². The van der Waals surface area contributed by atoms with Gasteiger partial charge in [0.2, 0.25) is 6.10 Å². The van der Waals surface area contributed by atoms with E-state index in [1.807, 2.05) is 0 Å². The lowest BCUT2D eigenvalue weighted by atomic mass is 10.1. The number of amides is 3. The fraction of sp³-hybridized carbons (Fsp3) is 0.222. The van der Waals surface area contributed by atoms with Gasteiger partial charge in [0.05, 0.1) is 11.3 Å². The number of thiophene rings is 1. The summed E-state index contributed by atoms with van der Waals surface area (Å²) >= 11 is 1.30. The van der Waals surface area contributed by atoms with E-state index in [1.54, 1.807) is 47.8 Å². The second-order valence-corrected chi connectivity index (χ2v) is 6.20. The maximum Gasteiger partial charge on any atom is 0.321 e. The van der Waals surface area contributed by atoms with E-state index in [0.717, 1.165) is 0 Å². The number of rotatable bonds is 7. The number of hydrogen-bond acceptors (Lipinski definition) is 6. The predicted molar refractivity (Wildman–Crippen MR) is 95.8 cm³/mol. The number of carbonyl (C=O) groups is 4. The van der Waals surface area contributed by atoms with E-state index in [1.165, 1.54) is 18.4 Å². The Morgan fingerprint density at radius 2 is 1.77 bits per heavy atom. The van der Waals surface area contributed by atoms with Crippen LogP contribution in [-0.2, 0) is 14.3 Å². The second kappa shape index (κ2) is 9.47. The normalized spacial score (nSPS) is 11.3. The summed E-state index contributed by atoms with van der Waals surface area (Å²) in [7, 11) is 1.36. The van der Waals surface area contributed by atoms with Gasteiger partial charge < -0.3 is 10.1 Å². The van der Waals surface area contributed by atoms with Gasteiger partial charge in [0.25, 0.3) is 5.91 Å². The third kappa shape index (κ3) is 5.52. The summed E-state index contributed by atoms with van der Waals surface area (Å²) in [5.74, 6) is -1.63. The molecule has 2 aromatic rings. The largest absolute Gasteiger partial charge is 0.447 e. The quantitative estimate of drug-likeness (QED) is 0.573. The van der Waals surface area contributed by atoms with E-state index in [9.17, 15) is 19.2 Å². The zero-order valence-electron chi connectivity index (χ0n) is 14.1.